The second kappa shape index (κ2) is 3.40. The number of alkyl halides is 1. The summed E-state index contributed by atoms with van der Waals surface area (Å²) in [6.07, 6.45) is 0. The smallest absolute Gasteiger partial charge is 0.0485 e. The second-order valence-corrected chi connectivity index (χ2v) is 3.18. The zero-order valence-electron chi connectivity index (χ0n) is 5.40. The van der Waals surface area contributed by atoms with Gasteiger partial charge in [0.05, 0.1) is 0 Å². The van der Waals surface area contributed by atoms with E-state index in [1.807, 2.05) is 18.2 Å². The lowest BCUT2D eigenvalue weighted by Crippen LogP contribution is -1.81. The fourth-order valence-electron chi connectivity index (χ4n) is 0.730. The lowest BCUT2D eigenvalue weighted by molar-refractivity contribution is 1.35. The molecule has 1 aromatic rings. The van der Waals surface area contributed by atoms with Gasteiger partial charge in [0.15, 0.2) is 0 Å². The Kier molecular flexibility index (Phi) is 2.75. The van der Waals surface area contributed by atoms with Crippen LogP contribution in [0.2, 0.25) is 0 Å². The number of halogens is 2. The first kappa shape index (κ1) is 8.09. The van der Waals surface area contributed by atoms with Crippen molar-refractivity contribution < 1.29 is 0 Å². The van der Waals surface area contributed by atoms with Crippen LogP contribution in [-0.4, -0.2) is 0 Å². The fourth-order valence-corrected chi connectivity index (χ4v) is 1.50. The van der Waals surface area contributed by atoms with Crippen molar-refractivity contribution >= 4 is 27.5 Å². The molecule has 1 rings (SSSR count). The van der Waals surface area contributed by atoms with Crippen LogP contribution in [-0.2, 0) is 5.88 Å². The summed E-state index contributed by atoms with van der Waals surface area (Å²) in [6, 6.07) is 5.87. The maximum Gasteiger partial charge on any atom is 0.0485 e. The highest BCUT2D eigenvalue weighted by molar-refractivity contribution is 9.10. The Bertz CT molecular complexity index is 233. The van der Waals surface area contributed by atoms with E-state index in [1.54, 1.807) is 0 Å². The van der Waals surface area contributed by atoms with Crippen LogP contribution >= 0.6 is 27.5 Å². The second-order valence-electron chi connectivity index (χ2n) is 2.06. The molecule has 0 spiro atoms. The largest absolute Gasteiger partial charge is 0.122 e. The summed E-state index contributed by atoms with van der Waals surface area (Å²) in [5, 5.41) is 0. The van der Waals surface area contributed by atoms with Gasteiger partial charge in [-0.25, -0.2) is 0 Å². The van der Waals surface area contributed by atoms with E-state index in [2.05, 4.69) is 22.9 Å². The van der Waals surface area contributed by atoms with Crippen LogP contribution in [0, 0.1) is 6.92 Å². The summed E-state index contributed by atoms with van der Waals surface area (Å²) in [5.41, 5.74) is 2.09. The quantitative estimate of drug-likeness (QED) is 0.634. The molecule has 0 amide bonds. The van der Waals surface area contributed by atoms with E-state index in [9.17, 15) is 0 Å². The molecule has 0 heterocycles. The van der Waals surface area contributed by atoms with Crippen LogP contribution in [0.5, 0.6) is 0 Å². The molecule has 10 heavy (non-hydrogen) atoms. The van der Waals surface area contributed by atoms with Crippen molar-refractivity contribution in [1.29, 1.82) is 0 Å². The van der Waals surface area contributed by atoms with Crippen molar-refractivity contribution in [2.75, 3.05) is 0 Å². The summed E-state index contributed by atoms with van der Waals surface area (Å²) in [7, 11) is 0. The third-order valence-corrected chi connectivity index (χ3v) is 2.32. The maximum absolute atomic E-state index is 5.65. The van der Waals surface area contributed by atoms with Crippen molar-refractivity contribution in [3.63, 3.8) is 0 Å². The number of rotatable bonds is 1. The molecule has 0 nitrogen and oxygen atoms in total. The van der Waals surface area contributed by atoms with Gasteiger partial charge in [-0.05, 0) is 24.1 Å². The highest BCUT2D eigenvalue weighted by Gasteiger charge is 1.96. The Morgan fingerprint density at radius 3 is 2.70 bits per heavy atom. The van der Waals surface area contributed by atoms with E-state index < -0.39 is 0 Å². The molecule has 0 saturated carbocycles. The van der Waals surface area contributed by atoms with Gasteiger partial charge >= 0.3 is 0 Å². The van der Waals surface area contributed by atoms with Crippen molar-refractivity contribution in [1.82, 2.24) is 0 Å². The Morgan fingerprint density at radius 1 is 1.50 bits per heavy atom. The highest BCUT2D eigenvalue weighted by Crippen LogP contribution is 2.19. The van der Waals surface area contributed by atoms with E-state index >= 15 is 0 Å². The zero-order valence-corrected chi connectivity index (χ0v) is 7.74. The molecule has 0 bridgehead atoms. The third-order valence-electron chi connectivity index (χ3n) is 1.25. The van der Waals surface area contributed by atoms with Gasteiger partial charge in [-0.1, -0.05) is 28.1 Å². The number of benzene rings is 1. The van der Waals surface area contributed by atoms with E-state index in [4.69, 9.17) is 11.6 Å². The van der Waals surface area contributed by atoms with E-state index in [-0.39, 0.29) is 0 Å². The van der Waals surface area contributed by atoms with Crippen LogP contribution in [0.15, 0.2) is 22.7 Å². The molecule has 1 aromatic carbocycles. The average Bonchev–Trinajstić information content (AvgIpc) is 1.94. The van der Waals surface area contributed by atoms with E-state index in [1.165, 1.54) is 0 Å². The first-order valence-corrected chi connectivity index (χ1v) is 4.23. The molecule has 2 heteroatoms. The van der Waals surface area contributed by atoms with Gasteiger partial charge in [-0.15, -0.1) is 11.6 Å². The van der Waals surface area contributed by atoms with Gasteiger partial charge in [0.2, 0.25) is 0 Å². The fraction of sp³-hybridized carbons (Fsp3) is 0.125. The Hall–Kier alpha value is -0.0100. The SMILES string of the molecule is [CH2]c1ccc(Br)c(CCl)c1. The molecule has 53 valence electrons. The van der Waals surface area contributed by atoms with Gasteiger partial charge in [-0.3, -0.25) is 0 Å². The minimum Gasteiger partial charge on any atom is -0.122 e. The van der Waals surface area contributed by atoms with Crippen LogP contribution in [0.25, 0.3) is 0 Å². The molecule has 0 saturated heterocycles. The van der Waals surface area contributed by atoms with E-state index in [0.717, 1.165) is 15.6 Å². The normalized spacial score (nSPS) is 9.90. The van der Waals surface area contributed by atoms with Crippen molar-refractivity contribution in [3.05, 3.63) is 40.7 Å². The number of hydrogen-bond donors (Lipinski definition) is 0. The predicted octanol–water partition coefficient (Wildman–Crippen LogP) is 3.37. The lowest BCUT2D eigenvalue weighted by Gasteiger charge is -1.99. The molecular weight excluding hydrogens is 211 g/mol. The van der Waals surface area contributed by atoms with Gasteiger partial charge in [0.25, 0.3) is 0 Å². The molecule has 0 aromatic heterocycles. The molecule has 0 N–H and O–H groups in total. The van der Waals surface area contributed by atoms with Crippen LogP contribution < -0.4 is 0 Å². The predicted molar refractivity (Wildman–Crippen MR) is 48.2 cm³/mol. The summed E-state index contributed by atoms with van der Waals surface area (Å²) in [4.78, 5) is 0. The van der Waals surface area contributed by atoms with Crippen molar-refractivity contribution in [2.24, 2.45) is 0 Å². The molecule has 0 fully saturated rings. The lowest BCUT2D eigenvalue weighted by atomic mass is 10.2. The molecule has 0 atom stereocenters. The topological polar surface area (TPSA) is 0 Å². The van der Waals surface area contributed by atoms with Gasteiger partial charge < -0.3 is 0 Å². The van der Waals surface area contributed by atoms with Crippen molar-refractivity contribution in [2.45, 2.75) is 5.88 Å². The van der Waals surface area contributed by atoms with E-state index in [0.29, 0.717) is 5.88 Å². The minimum absolute atomic E-state index is 0.532. The zero-order chi connectivity index (χ0) is 7.56. The Morgan fingerprint density at radius 2 is 2.20 bits per heavy atom. The first-order valence-electron chi connectivity index (χ1n) is 2.90. The monoisotopic (exact) mass is 217 g/mol. The molecular formula is C8H7BrCl. The maximum atomic E-state index is 5.65. The molecule has 0 aliphatic carbocycles. The van der Waals surface area contributed by atoms with Crippen LogP contribution in [0.4, 0.5) is 0 Å². The van der Waals surface area contributed by atoms with Crippen molar-refractivity contribution in [3.8, 4) is 0 Å². The van der Waals surface area contributed by atoms with Crippen LogP contribution in [0.1, 0.15) is 11.1 Å². The highest BCUT2D eigenvalue weighted by atomic mass is 79.9. The molecule has 0 aliphatic heterocycles. The van der Waals surface area contributed by atoms with Gasteiger partial charge in [-0.2, -0.15) is 0 Å². The summed E-state index contributed by atoms with van der Waals surface area (Å²) in [6.45, 7) is 3.79. The van der Waals surface area contributed by atoms with Crippen LogP contribution in [0.3, 0.4) is 0 Å². The number of hydrogen-bond acceptors (Lipinski definition) is 0. The standard InChI is InChI=1S/C8H7BrCl/c1-6-2-3-8(9)7(4-6)5-10/h2-4H,1,5H2. The molecule has 0 aliphatic rings. The van der Waals surface area contributed by atoms with Gasteiger partial charge in [0, 0.05) is 10.4 Å². The Balaban J connectivity index is 3.09. The summed E-state index contributed by atoms with van der Waals surface area (Å²) >= 11 is 9.02. The average molecular weight is 219 g/mol. The summed E-state index contributed by atoms with van der Waals surface area (Å²) in [5.74, 6) is 0.532. The molecule has 0 unspecified atom stereocenters. The van der Waals surface area contributed by atoms with Gasteiger partial charge in [0.1, 0.15) is 0 Å². The summed E-state index contributed by atoms with van der Waals surface area (Å²) < 4.78 is 1.05. The minimum atomic E-state index is 0.532. The molecule has 1 radical (unpaired) electrons. The third kappa shape index (κ3) is 1.74. The first-order chi connectivity index (χ1) is 4.74. The Labute approximate surface area is 74.3 Å².